The standard InChI is InChI=1S/C12H15F2NO2/c1-8-5-16-12(7-15,17-6-8)11-9(13)3-2-4-10(11)14/h2-4,8H,5-7,15H2,1H3. The number of hydrogen-bond acceptors (Lipinski definition) is 3. The van der Waals surface area contributed by atoms with E-state index in [1.54, 1.807) is 0 Å². The zero-order valence-corrected chi connectivity index (χ0v) is 9.58. The molecule has 0 unspecified atom stereocenters. The molecule has 0 aliphatic carbocycles. The molecule has 0 amide bonds. The Morgan fingerprint density at radius 3 is 2.29 bits per heavy atom. The van der Waals surface area contributed by atoms with Crippen molar-refractivity contribution in [1.29, 1.82) is 0 Å². The van der Waals surface area contributed by atoms with Crippen LogP contribution in [0.1, 0.15) is 12.5 Å². The van der Waals surface area contributed by atoms with Crippen LogP contribution in [0.15, 0.2) is 18.2 Å². The highest BCUT2D eigenvalue weighted by atomic mass is 19.1. The van der Waals surface area contributed by atoms with Crippen LogP contribution in [-0.4, -0.2) is 19.8 Å². The molecule has 2 rings (SSSR count). The van der Waals surface area contributed by atoms with Gasteiger partial charge in [-0.2, -0.15) is 0 Å². The molecule has 1 saturated heterocycles. The number of ether oxygens (including phenoxy) is 2. The third-order valence-corrected chi connectivity index (χ3v) is 2.81. The zero-order chi connectivity index (χ0) is 12.5. The smallest absolute Gasteiger partial charge is 0.213 e. The highest BCUT2D eigenvalue weighted by molar-refractivity contribution is 5.25. The molecule has 5 heteroatoms. The molecule has 0 saturated carbocycles. The summed E-state index contributed by atoms with van der Waals surface area (Å²) >= 11 is 0. The molecule has 1 fully saturated rings. The Morgan fingerprint density at radius 1 is 1.29 bits per heavy atom. The van der Waals surface area contributed by atoms with Crippen LogP contribution >= 0.6 is 0 Å². The van der Waals surface area contributed by atoms with Crippen molar-refractivity contribution in [3.8, 4) is 0 Å². The molecule has 3 nitrogen and oxygen atoms in total. The molecule has 0 spiro atoms. The van der Waals surface area contributed by atoms with Gasteiger partial charge in [0.2, 0.25) is 5.79 Å². The second kappa shape index (κ2) is 4.68. The zero-order valence-electron chi connectivity index (χ0n) is 9.58. The Labute approximate surface area is 98.5 Å². The van der Waals surface area contributed by atoms with Crippen LogP contribution in [0, 0.1) is 17.6 Å². The van der Waals surface area contributed by atoms with E-state index < -0.39 is 17.4 Å². The summed E-state index contributed by atoms with van der Waals surface area (Å²) in [6.07, 6.45) is 0. The lowest BCUT2D eigenvalue weighted by molar-refractivity contribution is -0.286. The summed E-state index contributed by atoms with van der Waals surface area (Å²) < 4.78 is 38.3. The molecule has 1 aromatic rings. The number of halogens is 2. The number of benzene rings is 1. The summed E-state index contributed by atoms with van der Waals surface area (Å²) in [6, 6.07) is 3.63. The second-order valence-corrected chi connectivity index (χ2v) is 4.28. The highest BCUT2D eigenvalue weighted by Crippen LogP contribution is 2.34. The quantitative estimate of drug-likeness (QED) is 0.860. The van der Waals surface area contributed by atoms with Crippen molar-refractivity contribution in [2.75, 3.05) is 19.8 Å². The maximum atomic E-state index is 13.7. The van der Waals surface area contributed by atoms with Crippen LogP contribution < -0.4 is 5.73 Å². The lowest BCUT2D eigenvalue weighted by Gasteiger charge is -2.39. The Morgan fingerprint density at radius 2 is 1.82 bits per heavy atom. The lowest BCUT2D eigenvalue weighted by Crippen LogP contribution is -2.47. The molecule has 0 aromatic heterocycles. The van der Waals surface area contributed by atoms with E-state index in [9.17, 15) is 8.78 Å². The molecule has 2 N–H and O–H groups in total. The van der Waals surface area contributed by atoms with Gasteiger partial charge in [-0.05, 0) is 12.1 Å². The minimum absolute atomic E-state index is 0.127. The minimum atomic E-state index is -1.50. The van der Waals surface area contributed by atoms with Crippen LogP contribution in [0.3, 0.4) is 0 Å². The van der Waals surface area contributed by atoms with Gasteiger partial charge in [-0.1, -0.05) is 13.0 Å². The summed E-state index contributed by atoms with van der Waals surface area (Å²) in [5.41, 5.74) is 5.33. The fourth-order valence-electron chi connectivity index (χ4n) is 1.87. The van der Waals surface area contributed by atoms with E-state index in [4.69, 9.17) is 15.2 Å². The van der Waals surface area contributed by atoms with Gasteiger partial charge in [-0.3, -0.25) is 0 Å². The van der Waals surface area contributed by atoms with Crippen molar-refractivity contribution >= 4 is 0 Å². The summed E-state index contributed by atoms with van der Waals surface area (Å²) in [5.74, 6) is -2.72. The average Bonchev–Trinajstić information content (AvgIpc) is 2.32. The van der Waals surface area contributed by atoms with Gasteiger partial charge in [0.1, 0.15) is 11.6 Å². The SMILES string of the molecule is CC1COC(CN)(c2c(F)cccc2F)OC1. The lowest BCUT2D eigenvalue weighted by atomic mass is 10.0. The molecular weight excluding hydrogens is 228 g/mol. The summed E-state index contributed by atoms with van der Waals surface area (Å²) in [7, 11) is 0. The number of hydrogen-bond donors (Lipinski definition) is 1. The summed E-state index contributed by atoms with van der Waals surface area (Å²) in [4.78, 5) is 0. The van der Waals surface area contributed by atoms with Crippen molar-refractivity contribution in [2.45, 2.75) is 12.7 Å². The molecular formula is C12H15F2NO2. The average molecular weight is 243 g/mol. The van der Waals surface area contributed by atoms with Crippen LogP contribution in [0.5, 0.6) is 0 Å². The van der Waals surface area contributed by atoms with Crippen molar-refractivity contribution < 1.29 is 18.3 Å². The summed E-state index contributed by atoms with van der Waals surface area (Å²) in [5, 5.41) is 0. The van der Waals surface area contributed by atoms with Gasteiger partial charge in [0.05, 0.1) is 25.3 Å². The highest BCUT2D eigenvalue weighted by Gasteiger charge is 2.41. The van der Waals surface area contributed by atoms with Crippen LogP contribution in [0.4, 0.5) is 8.78 Å². The first-order chi connectivity index (χ1) is 8.09. The van der Waals surface area contributed by atoms with Crippen LogP contribution in [-0.2, 0) is 15.3 Å². The largest absolute Gasteiger partial charge is 0.344 e. The van der Waals surface area contributed by atoms with E-state index in [2.05, 4.69) is 0 Å². The third kappa shape index (κ3) is 2.18. The Hall–Kier alpha value is -1.04. The molecule has 0 radical (unpaired) electrons. The van der Waals surface area contributed by atoms with Crippen molar-refractivity contribution in [1.82, 2.24) is 0 Å². The number of nitrogens with two attached hydrogens (primary N) is 1. The van der Waals surface area contributed by atoms with E-state index in [0.29, 0.717) is 13.2 Å². The van der Waals surface area contributed by atoms with E-state index in [1.807, 2.05) is 6.92 Å². The van der Waals surface area contributed by atoms with E-state index in [-0.39, 0.29) is 18.0 Å². The molecule has 94 valence electrons. The normalized spacial score (nSPS) is 29.3. The fraction of sp³-hybridized carbons (Fsp3) is 0.500. The Balaban J connectivity index is 2.41. The molecule has 0 atom stereocenters. The van der Waals surface area contributed by atoms with E-state index in [0.717, 1.165) is 0 Å². The molecule has 17 heavy (non-hydrogen) atoms. The van der Waals surface area contributed by atoms with Crippen molar-refractivity contribution in [3.63, 3.8) is 0 Å². The third-order valence-electron chi connectivity index (χ3n) is 2.81. The van der Waals surface area contributed by atoms with Gasteiger partial charge < -0.3 is 15.2 Å². The van der Waals surface area contributed by atoms with Gasteiger partial charge in [0.25, 0.3) is 0 Å². The Bertz CT molecular complexity index is 383. The predicted molar refractivity (Wildman–Crippen MR) is 58.2 cm³/mol. The molecule has 1 aliphatic rings. The maximum absolute atomic E-state index is 13.7. The molecule has 1 aliphatic heterocycles. The topological polar surface area (TPSA) is 44.5 Å². The Kier molecular flexibility index (Phi) is 3.42. The fourth-order valence-corrected chi connectivity index (χ4v) is 1.87. The van der Waals surface area contributed by atoms with Crippen molar-refractivity contribution in [2.24, 2.45) is 11.7 Å². The van der Waals surface area contributed by atoms with Crippen LogP contribution in [0.25, 0.3) is 0 Å². The van der Waals surface area contributed by atoms with Gasteiger partial charge in [-0.15, -0.1) is 0 Å². The first kappa shape index (κ1) is 12.4. The van der Waals surface area contributed by atoms with Crippen LogP contribution in [0.2, 0.25) is 0 Å². The first-order valence-corrected chi connectivity index (χ1v) is 5.51. The predicted octanol–water partition coefficient (Wildman–Crippen LogP) is 1.76. The first-order valence-electron chi connectivity index (χ1n) is 5.51. The van der Waals surface area contributed by atoms with Crippen molar-refractivity contribution in [3.05, 3.63) is 35.4 Å². The van der Waals surface area contributed by atoms with Gasteiger partial charge in [0, 0.05) is 5.92 Å². The van der Waals surface area contributed by atoms with Gasteiger partial charge >= 0.3 is 0 Å². The summed E-state index contributed by atoms with van der Waals surface area (Å²) in [6.45, 7) is 2.53. The molecule has 0 bridgehead atoms. The second-order valence-electron chi connectivity index (χ2n) is 4.28. The maximum Gasteiger partial charge on any atom is 0.213 e. The molecule has 1 aromatic carbocycles. The van der Waals surface area contributed by atoms with E-state index >= 15 is 0 Å². The molecule has 1 heterocycles. The van der Waals surface area contributed by atoms with Gasteiger partial charge in [-0.25, -0.2) is 8.78 Å². The monoisotopic (exact) mass is 243 g/mol. The number of rotatable bonds is 2. The van der Waals surface area contributed by atoms with E-state index in [1.165, 1.54) is 18.2 Å². The van der Waals surface area contributed by atoms with Gasteiger partial charge in [0.15, 0.2) is 0 Å². The minimum Gasteiger partial charge on any atom is -0.344 e.